The van der Waals surface area contributed by atoms with E-state index < -0.39 is 11.8 Å². The molecule has 0 bridgehead atoms. The Kier molecular flexibility index (Phi) is 5.91. The third kappa shape index (κ3) is 4.25. The van der Waals surface area contributed by atoms with Crippen LogP contribution in [0.2, 0.25) is 0 Å². The van der Waals surface area contributed by atoms with Crippen molar-refractivity contribution in [3.63, 3.8) is 0 Å². The summed E-state index contributed by atoms with van der Waals surface area (Å²) < 4.78 is 11.3. The van der Waals surface area contributed by atoms with Crippen molar-refractivity contribution in [2.75, 3.05) is 16.8 Å². The van der Waals surface area contributed by atoms with E-state index >= 15 is 0 Å². The maximum absolute atomic E-state index is 13.0. The fourth-order valence-electron chi connectivity index (χ4n) is 3.12. The highest BCUT2D eigenvalue weighted by atomic mass is 35.5. The van der Waals surface area contributed by atoms with Crippen LogP contribution >= 0.6 is 11.6 Å². The highest BCUT2D eigenvalue weighted by Gasteiger charge is 2.39. The van der Waals surface area contributed by atoms with E-state index in [2.05, 4.69) is 5.32 Å². The molecule has 1 heterocycles. The molecule has 156 valence electrons. The van der Waals surface area contributed by atoms with Crippen LogP contribution in [0.4, 0.5) is 11.4 Å². The number of carbonyl (C=O) groups is 2. The van der Waals surface area contributed by atoms with Gasteiger partial charge in [-0.15, -0.1) is 0 Å². The molecule has 1 aliphatic rings. The molecule has 1 N–H and O–H groups in total. The summed E-state index contributed by atoms with van der Waals surface area (Å²) in [6, 6.07) is 23.1. The lowest BCUT2D eigenvalue weighted by atomic mass is 10.2. The second kappa shape index (κ2) is 8.93. The molecule has 2 amide bonds. The van der Waals surface area contributed by atoms with E-state index in [1.165, 1.54) is 0 Å². The number of carbonyl (C=O) groups excluding carboxylic acids is 2. The van der Waals surface area contributed by atoms with Gasteiger partial charge in [0.2, 0.25) is 0 Å². The second-order valence-corrected chi connectivity index (χ2v) is 6.98. The number of imide groups is 1. The lowest BCUT2D eigenvalue weighted by Gasteiger charge is -2.16. The van der Waals surface area contributed by atoms with Gasteiger partial charge in [-0.25, -0.2) is 4.90 Å². The Balaban J connectivity index is 1.54. The topological polar surface area (TPSA) is 67.9 Å². The van der Waals surface area contributed by atoms with E-state index in [0.29, 0.717) is 35.2 Å². The predicted octanol–water partition coefficient (Wildman–Crippen LogP) is 5.31. The summed E-state index contributed by atoms with van der Waals surface area (Å²) in [6.07, 6.45) is 0. The number of hydrogen-bond donors (Lipinski definition) is 1. The van der Waals surface area contributed by atoms with Gasteiger partial charge in [0.25, 0.3) is 11.8 Å². The molecule has 3 aromatic rings. The summed E-state index contributed by atoms with van der Waals surface area (Å²) in [4.78, 5) is 26.7. The first-order valence-corrected chi connectivity index (χ1v) is 10.1. The maximum Gasteiger partial charge on any atom is 0.283 e. The number of nitrogens with one attached hydrogen (secondary N) is 1. The zero-order valence-electron chi connectivity index (χ0n) is 16.7. The molecule has 1 aliphatic heterocycles. The van der Waals surface area contributed by atoms with Crippen LogP contribution in [0, 0.1) is 0 Å². The SMILES string of the molecule is CCOc1ccccc1NC1=C(Cl)C(=O)N(c2ccc(Oc3ccccc3)cc2)C1=O. The van der Waals surface area contributed by atoms with Gasteiger partial charge >= 0.3 is 0 Å². The molecule has 0 atom stereocenters. The van der Waals surface area contributed by atoms with Gasteiger partial charge in [-0.1, -0.05) is 41.9 Å². The fourth-order valence-corrected chi connectivity index (χ4v) is 3.33. The average Bonchev–Trinajstić information content (AvgIpc) is 3.00. The Morgan fingerprint density at radius 2 is 1.48 bits per heavy atom. The molecule has 3 aromatic carbocycles. The number of nitrogens with zero attached hydrogens (tertiary/aromatic N) is 1. The first-order chi connectivity index (χ1) is 15.1. The molecule has 0 spiro atoms. The normalized spacial score (nSPS) is 13.5. The summed E-state index contributed by atoms with van der Waals surface area (Å²) >= 11 is 6.23. The van der Waals surface area contributed by atoms with Gasteiger partial charge in [0, 0.05) is 0 Å². The Labute approximate surface area is 184 Å². The molecule has 0 fully saturated rings. The van der Waals surface area contributed by atoms with E-state index in [0.717, 1.165) is 4.90 Å². The molecule has 0 saturated heterocycles. The zero-order chi connectivity index (χ0) is 21.8. The summed E-state index contributed by atoms with van der Waals surface area (Å²) in [5.74, 6) is 0.686. The number of halogens is 1. The quantitative estimate of drug-likeness (QED) is 0.510. The van der Waals surface area contributed by atoms with E-state index in [1.54, 1.807) is 42.5 Å². The average molecular weight is 435 g/mol. The molecular formula is C24H19ClN2O4. The van der Waals surface area contributed by atoms with Gasteiger partial charge < -0.3 is 14.8 Å². The van der Waals surface area contributed by atoms with Crippen LogP contribution in [-0.4, -0.2) is 18.4 Å². The van der Waals surface area contributed by atoms with Gasteiger partial charge in [-0.05, 0) is 55.5 Å². The zero-order valence-corrected chi connectivity index (χ0v) is 17.4. The summed E-state index contributed by atoms with van der Waals surface area (Å²) in [5, 5.41) is 2.77. The third-order valence-corrected chi connectivity index (χ3v) is 4.90. The van der Waals surface area contributed by atoms with Crippen LogP contribution in [0.3, 0.4) is 0 Å². The summed E-state index contributed by atoms with van der Waals surface area (Å²) in [7, 11) is 0. The van der Waals surface area contributed by atoms with Gasteiger partial charge in [0.05, 0.1) is 18.0 Å². The second-order valence-electron chi connectivity index (χ2n) is 6.60. The standard InChI is InChI=1S/C24H19ClN2O4/c1-2-30-20-11-7-6-10-19(20)26-22-21(25)23(28)27(24(22)29)16-12-14-18(15-13-16)31-17-8-4-3-5-9-17/h3-15,26H,2H2,1H3. The van der Waals surface area contributed by atoms with Gasteiger partial charge in [-0.3, -0.25) is 9.59 Å². The number of para-hydroxylation sites is 3. The molecule has 0 unspecified atom stereocenters. The number of rotatable bonds is 7. The van der Waals surface area contributed by atoms with E-state index in [1.807, 2.05) is 43.3 Å². The van der Waals surface area contributed by atoms with Crippen molar-refractivity contribution in [3.05, 3.63) is 89.6 Å². The molecule has 0 radical (unpaired) electrons. The smallest absolute Gasteiger partial charge is 0.283 e. The van der Waals surface area contributed by atoms with E-state index in [9.17, 15) is 9.59 Å². The summed E-state index contributed by atoms with van der Waals surface area (Å²) in [6.45, 7) is 2.32. The van der Waals surface area contributed by atoms with Crippen molar-refractivity contribution < 1.29 is 19.1 Å². The van der Waals surface area contributed by atoms with Gasteiger partial charge in [-0.2, -0.15) is 0 Å². The Morgan fingerprint density at radius 3 is 2.19 bits per heavy atom. The number of amides is 2. The number of anilines is 2. The molecule has 0 saturated carbocycles. The minimum atomic E-state index is -0.597. The Hall–Kier alpha value is -3.77. The fraction of sp³-hybridized carbons (Fsp3) is 0.0833. The van der Waals surface area contributed by atoms with E-state index in [4.69, 9.17) is 21.1 Å². The van der Waals surface area contributed by atoms with Gasteiger partial charge in [0.1, 0.15) is 28.0 Å². The lowest BCUT2D eigenvalue weighted by molar-refractivity contribution is -0.120. The number of benzene rings is 3. The van der Waals surface area contributed by atoms with Crippen molar-refractivity contribution in [2.45, 2.75) is 6.92 Å². The molecule has 7 heteroatoms. The van der Waals surface area contributed by atoms with Gasteiger partial charge in [0.15, 0.2) is 0 Å². The third-order valence-electron chi connectivity index (χ3n) is 4.55. The van der Waals surface area contributed by atoms with Crippen LogP contribution < -0.4 is 19.7 Å². The minimum absolute atomic E-state index is 0.00318. The van der Waals surface area contributed by atoms with Crippen molar-refractivity contribution in [1.82, 2.24) is 0 Å². The first kappa shape index (κ1) is 20.5. The lowest BCUT2D eigenvalue weighted by Crippen LogP contribution is -2.32. The number of ether oxygens (including phenoxy) is 2. The molecule has 31 heavy (non-hydrogen) atoms. The van der Waals surface area contributed by atoms with Crippen molar-refractivity contribution in [3.8, 4) is 17.2 Å². The number of hydrogen-bond acceptors (Lipinski definition) is 5. The highest BCUT2D eigenvalue weighted by molar-refractivity contribution is 6.53. The van der Waals surface area contributed by atoms with Crippen LogP contribution in [0.15, 0.2) is 89.6 Å². The van der Waals surface area contributed by atoms with Crippen LogP contribution in [0.5, 0.6) is 17.2 Å². The molecule has 6 nitrogen and oxygen atoms in total. The Bertz CT molecular complexity index is 1140. The highest BCUT2D eigenvalue weighted by Crippen LogP contribution is 2.34. The van der Waals surface area contributed by atoms with Crippen molar-refractivity contribution >= 4 is 34.8 Å². The van der Waals surface area contributed by atoms with Crippen LogP contribution in [0.1, 0.15) is 6.92 Å². The first-order valence-electron chi connectivity index (χ1n) is 9.69. The maximum atomic E-state index is 13.0. The molecular weight excluding hydrogens is 416 g/mol. The van der Waals surface area contributed by atoms with E-state index in [-0.39, 0.29) is 10.7 Å². The van der Waals surface area contributed by atoms with Crippen LogP contribution in [0.25, 0.3) is 0 Å². The van der Waals surface area contributed by atoms with Crippen molar-refractivity contribution in [1.29, 1.82) is 0 Å². The predicted molar refractivity (Wildman–Crippen MR) is 120 cm³/mol. The Morgan fingerprint density at radius 1 is 0.839 bits per heavy atom. The molecule has 0 aliphatic carbocycles. The molecule has 4 rings (SSSR count). The molecule has 0 aromatic heterocycles. The minimum Gasteiger partial charge on any atom is -0.492 e. The monoisotopic (exact) mass is 434 g/mol. The summed E-state index contributed by atoms with van der Waals surface area (Å²) in [5.41, 5.74) is 0.944. The van der Waals surface area contributed by atoms with Crippen molar-refractivity contribution in [2.24, 2.45) is 0 Å². The largest absolute Gasteiger partial charge is 0.492 e. The van der Waals surface area contributed by atoms with Crippen LogP contribution in [-0.2, 0) is 9.59 Å².